The Labute approximate surface area is 170 Å². The van der Waals surface area contributed by atoms with E-state index in [0.29, 0.717) is 18.0 Å². The first kappa shape index (κ1) is 19.1. The van der Waals surface area contributed by atoms with E-state index in [1.165, 1.54) is 0 Å². The number of carbonyl (C=O) groups is 1. The van der Waals surface area contributed by atoms with Crippen LogP contribution in [-0.2, 0) is 13.1 Å². The molecule has 3 aromatic rings. The molecule has 150 valence electrons. The number of hydrogen-bond donors (Lipinski definition) is 1. The summed E-state index contributed by atoms with van der Waals surface area (Å²) >= 11 is 0. The van der Waals surface area contributed by atoms with Crippen LogP contribution in [0.5, 0.6) is 0 Å². The molecule has 0 radical (unpaired) electrons. The van der Waals surface area contributed by atoms with Crippen LogP contribution in [0.2, 0.25) is 0 Å². The number of anilines is 1. The molecule has 0 atom stereocenters. The number of nitrogens with one attached hydrogen (secondary N) is 1. The van der Waals surface area contributed by atoms with E-state index in [0.717, 1.165) is 50.3 Å². The number of likely N-dealkylation sites (tertiary alicyclic amines) is 1. The molecule has 0 spiro atoms. The summed E-state index contributed by atoms with van der Waals surface area (Å²) in [5.41, 5.74) is 1.73. The first-order valence-electron chi connectivity index (χ1n) is 10.1. The maximum atomic E-state index is 12.8. The summed E-state index contributed by atoms with van der Waals surface area (Å²) in [6.07, 6.45) is 12.3. The van der Waals surface area contributed by atoms with E-state index in [9.17, 15) is 4.79 Å². The average molecular weight is 390 g/mol. The van der Waals surface area contributed by atoms with Gasteiger partial charge in [0.15, 0.2) is 0 Å². The maximum absolute atomic E-state index is 12.8. The highest BCUT2D eigenvalue weighted by atomic mass is 16.2. The van der Waals surface area contributed by atoms with E-state index >= 15 is 0 Å². The second-order valence-electron chi connectivity index (χ2n) is 7.44. The van der Waals surface area contributed by atoms with Crippen molar-refractivity contribution >= 4 is 11.7 Å². The van der Waals surface area contributed by atoms with E-state index in [1.54, 1.807) is 12.4 Å². The highest BCUT2D eigenvalue weighted by molar-refractivity contribution is 5.94. The lowest BCUT2D eigenvalue weighted by atomic mass is 9.93. The molecule has 0 unspecified atom stereocenters. The quantitative estimate of drug-likeness (QED) is 0.670. The summed E-state index contributed by atoms with van der Waals surface area (Å²) in [4.78, 5) is 23.2. The standard InChI is InChI=1S/C22H26N6O/c29-22(27-12-6-18(7-13-27)8-14-28-11-2-10-26-28)20-4-5-21(25-17-20)24-16-19-3-1-9-23-15-19/h1-5,9-11,15,17-18H,6-8,12-14,16H2,(H,24,25). The van der Waals surface area contributed by atoms with E-state index in [4.69, 9.17) is 0 Å². The largest absolute Gasteiger partial charge is 0.366 e. The zero-order chi connectivity index (χ0) is 19.9. The van der Waals surface area contributed by atoms with Crippen molar-refractivity contribution in [2.45, 2.75) is 32.4 Å². The zero-order valence-electron chi connectivity index (χ0n) is 16.4. The fourth-order valence-corrected chi connectivity index (χ4v) is 3.68. The van der Waals surface area contributed by atoms with Gasteiger partial charge in [-0.25, -0.2) is 4.98 Å². The zero-order valence-corrected chi connectivity index (χ0v) is 16.4. The number of carbonyl (C=O) groups excluding carboxylic acids is 1. The summed E-state index contributed by atoms with van der Waals surface area (Å²) in [5, 5.41) is 7.51. The Morgan fingerprint density at radius 2 is 2.00 bits per heavy atom. The molecule has 1 aliphatic heterocycles. The van der Waals surface area contributed by atoms with Gasteiger partial charge in [-0.2, -0.15) is 5.10 Å². The Morgan fingerprint density at radius 1 is 1.10 bits per heavy atom. The van der Waals surface area contributed by atoms with Crippen molar-refractivity contribution in [3.8, 4) is 0 Å². The van der Waals surface area contributed by atoms with Gasteiger partial charge in [0.2, 0.25) is 0 Å². The first-order chi connectivity index (χ1) is 14.3. The number of aromatic nitrogens is 4. The van der Waals surface area contributed by atoms with Crippen LogP contribution < -0.4 is 5.32 Å². The smallest absolute Gasteiger partial charge is 0.255 e. The lowest BCUT2D eigenvalue weighted by Crippen LogP contribution is -2.38. The predicted octanol–water partition coefficient (Wildman–Crippen LogP) is 3.23. The van der Waals surface area contributed by atoms with Crippen LogP contribution in [0.1, 0.15) is 35.2 Å². The SMILES string of the molecule is O=C(c1ccc(NCc2cccnc2)nc1)N1CCC(CCn2cccn2)CC1. The lowest BCUT2D eigenvalue weighted by molar-refractivity contribution is 0.0684. The van der Waals surface area contributed by atoms with Crippen LogP contribution in [0.4, 0.5) is 5.82 Å². The van der Waals surface area contributed by atoms with Gasteiger partial charge in [-0.15, -0.1) is 0 Å². The molecule has 1 saturated heterocycles. The number of pyridine rings is 2. The fraction of sp³-hybridized carbons (Fsp3) is 0.364. The van der Waals surface area contributed by atoms with Crippen LogP contribution in [-0.4, -0.2) is 43.6 Å². The van der Waals surface area contributed by atoms with Gasteiger partial charge in [0.1, 0.15) is 5.82 Å². The van der Waals surface area contributed by atoms with Gasteiger partial charge < -0.3 is 10.2 Å². The van der Waals surface area contributed by atoms with Crippen molar-refractivity contribution in [3.63, 3.8) is 0 Å². The van der Waals surface area contributed by atoms with Crippen molar-refractivity contribution in [2.24, 2.45) is 5.92 Å². The number of amides is 1. The van der Waals surface area contributed by atoms with Gasteiger partial charge in [0, 0.05) is 57.2 Å². The summed E-state index contributed by atoms with van der Waals surface area (Å²) in [7, 11) is 0. The molecule has 1 amide bonds. The molecule has 3 aromatic heterocycles. The number of hydrogen-bond acceptors (Lipinski definition) is 5. The van der Waals surface area contributed by atoms with Gasteiger partial charge >= 0.3 is 0 Å². The van der Waals surface area contributed by atoms with Crippen LogP contribution >= 0.6 is 0 Å². The third-order valence-corrected chi connectivity index (χ3v) is 5.43. The van der Waals surface area contributed by atoms with Crippen molar-refractivity contribution in [1.29, 1.82) is 0 Å². The Morgan fingerprint density at radius 3 is 2.69 bits per heavy atom. The molecular weight excluding hydrogens is 364 g/mol. The van der Waals surface area contributed by atoms with Crippen molar-refractivity contribution in [2.75, 3.05) is 18.4 Å². The molecule has 0 bridgehead atoms. The Bertz CT molecular complexity index is 887. The number of rotatable bonds is 7. The average Bonchev–Trinajstić information content (AvgIpc) is 3.31. The summed E-state index contributed by atoms with van der Waals surface area (Å²) in [6.45, 7) is 3.22. The molecular formula is C22H26N6O. The van der Waals surface area contributed by atoms with Crippen molar-refractivity contribution in [1.82, 2.24) is 24.6 Å². The third-order valence-electron chi connectivity index (χ3n) is 5.43. The second-order valence-corrected chi connectivity index (χ2v) is 7.44. The predicted molar refractivity (Wildman–Crippen MR) is 111 cm³/mol. The number of aryl methyl sites for hydroxylation is 1. The second kappa shape index (κ2) is 9.32. The summed E-state index contributed by atoms with van der Waals surface area (Å²) in [5.74, 6) is 1.48. The van der Waals surface area contributed by atoms with Crippen molar-refractivity contribution < 1.29 is 4.79 Å². The maximum Gasteiger partial charge on any atom is 0.255 e. The van der Waals surface area contributed by atoms with Gasteiger partial charge in [-0.3, -0.25) is 14.5 Å². The summed E-state index contributed by atoms with van der Waals surface area (Å²) in [6, 6.07) is 9.59. The highest BCUT2D eigenvalue weighted by Crippen LogP contribution is 2.22. The molecule has 7 nitrogen and oxygen atoms in total. The molecule has 0 aromatic carbocycles. The van der Waals surface area contributed by atoms with E-state index in [-0.39, 0.29) is 5.91 Å². The van der Waals surface area contributed by atoms with E-state index in [2.05, 4.69) is 20.4 Å². The topological polar surface area (TPSA) is 75.9 Å². The first-order valence-corrected chi connectivity index (χ1v) is 10.1. The van der Waals surface area contributed by atoms with Crippen LogP contribution in [0, 0.1) is 5.92 Å². The Hall–Kier alpha value is -3.22. The van der Waals surface area contributed by atoms with E-state index < -0.39 is 0 Å². The molecule has 4 heterocycles. The van der Waals surface area contributed by atoms with Gasteiger partial charge in [0.25, 0.3) is 5.91 Å². The Kier molecular flexibility index (Phi) is 6.14. The van der Waals surface area contributed by atoms with Crippen LogP contribution in [0.3, 0.4) is 0 Å². The fourth-order valence-electron chi connectivity index (χ4n) is 3.68. The normalized spacial score (nSPS) is 14.7. The van der Waals surface area contributed by atoms with Gasteiger partial charge in [-0.05, 0) is 55.0 Å². The molecule has 4 rings (SSSR count). The van der Waals surface area contributed by atoms with Gasteiger partial charge in [-0.1, -0.05) is 6.07 Å². The third kappa shape index (κ3) is 5.19. The Balaban J connectivity index is 1.24. The highest BCUT2D eigenvalue weighted by Gasteiger charge is 2.23. The molecule has 1 fully saturated rings. The molecule has 7 heteroatoms. The molecule has 1 N–H and O–H groups in total. The number of piperidine rings is 1. The summed E-state index contributed by atoms with van der Waals surface area (Å²) < 4.78 is 1.98. The molecule has 0 aliphatic carbocycles. The van der Waals surface area contributed by atoms with E-state index in [1.807, 2.05) is 58.5 Å². The minimum Gasteiger partial charge on any atom is -0.366 e. The molecule has 29 heavy (non-hydrogen) atoms. The number of nitrogens with zero attached hydrogens (tertiary/aromatic N) is 5. The van der Waals surface area contributed by atoms with Crippen LogP contribution in [0.15, 0.2) is 61.3 Å². The molecule has 0 saturated carbocycles. The van der Waals surface area contributed by atoms with Gasteiger partial charge in [0.05, 0.1) is 5.56 Å². The molecule has 1 aliphatic rings. The van der Waals surface area contributed by atoms with Crippen molar-refractivity contribution in [3.05, 3.63) is 72.4 Å². The van der Waals surface area contributed by atoms with Crippen LogP contribution in [0.25, 0.3) is 0 Å². The minimum absolute atomic E-state index is 0.0711. The minimum atomic E-state index is 0.0711. The lowest BCUT2D eigenvalue weighted by Gasteiger charge is -2.32. The monoisotopic (exact) mass is 390 g/mol.